The van der Waals surface area contributed by atoms with E-state index in [-0.39, 0.29) is 31.2 Å². The van der Waals surface area contributed by atoms with Gasteiger partial charge in [0.1, 0.15) is 6.54 Å². The monoisotopic (exact) mass is 347 g/mol. The van der Waals surface area contributed by atoms with Gasteiger partial charge in [0.15, 0.2) is 0 Å². The number of hydrogen-bond acceptors (Lipinski definition) is 4. The maximum atomic E-state index is 12.8. The molecule has 1 unspecified atom stereocenters. The summed E-state index contributed by atoms with van der Waals surface area (Å²) in [5.74, 6) is -1.25. The van der Waals surface area contributed by atoms with Gasteiger partial charge in [-0.25, -0.2) is 4.79 Å². The average Bonchev–Trinajstić information content (AvgIpc) is 2.86. The van der Waals surface area contributed by atoms with Crippen LogP contribution in [-0.2, 0) is 27.4 Å². The average molecular weight is 347 g/mol. The highest BCUT2D eigenvalue weighted by Gasteiger charge is 2.29. The summed E-state index contributed by atoms with van der Waals surface area (Å²) in [4.78, 5) is 37.9. The third-order valence-electron chi connectivity index (χ3n) is 4.49. The number of aromatic nitrogens is 2. The molecule has 0 bridgehead atoms. The van der Waals surface area contributed by atoms with Crippen LogP contribution in [0.4, 0.5) is 0 Å². The minimum Gasteiger partial charge on any atom is -0.481 e. The van der Waals surface area contributed by atoms with Crippen molar-refractivity contribution in [2.45, 2.75) is 32.5 Å². The van der Waals surface area contributed by atoms with Crippen molar-refractivity contribution in [2.24, 2.45) is 0 Å². The number of carboxylic acid groups (broad SMARTS) is 1. The van der Waals surface area contributed by atoms with E-state index in [1.165, 1.54) is 9.47 Å². The van der Waals surface area contributed by atoms with Crippen LogP contribution in [0.15, 0.2) is 29.1 Å². The van der Waals surface area contributed by atoms with E-state index in [2.05, 4.69) is 0 Å². The third kappa shape index (κ3) is 3.30. The molecular weight excluding hydrogens is 326 g/mol. The van der Waals surface area contributed by atoms with Crippen molar-refractivity contribution < 1.29 is 19.4 Å². The number of aliphatic carboxylic acids is 1. The lowest BCUT2D eigenvalue weighted by molar-refractivity contribution is -0.146. The van der Waals surface area contributed by atoms with Crippen molar-refractivity contribution in [2.75, 3.05) is 19.8 Å². The zero-order valence-corrected chi connectivity index (χ0v) is 14.1. The molecule has 0 saturated carbocycles. The number of rotatable bonds is 5. The Kier molecular flexibility index (Phi) is 4.89. The number of ether oxygens (including phenoxy) is 1. The Labute approximate surface area is 144 Å². The highest BCUT2D eigenvalue weighted by atomic mass is 16.5. The van der Waals surface area contributed by atoms with Gasteiger partial charge in [0, 0.05) is 13.1 Å². The van der Waals surface area contributed by atoms with Crippen molar-refractivity contribution in [3.63, 3.8) is 0 Å². The summed E-state index contributed by atoms with van der Waals surface area (Å²) in [6, 6.07) is 6.83. The molecule has 1 amide bonds. The van der Waals surface area contributed by atoms with Crippen molar-refractivity contribution >= 4 is 22.9 Å². The van der Waals surface area contributed by atoms with Crippen molar-refractivity contribution in [1.82, 2.24) is 14.0 Å². The van der Waals surface area contributed by atoms with Gasteiger partial charge in [-0.1, -0.05) is 12.1 Å². The number of hydrogen-bond donors (Lipinski definition) is 1. The lowest BCUT2D eigenvalue weighted by atomic mass is 10.1. The summed E-state index contributed by atoms with van der Waals surface area (Å²) in [6.45, 7) is 3.18. The van der Waals surface area contributed by atoms with Crippen LogP contribution in [0.3, 0.4) is 0 Å². The SMILES string of the molecule is CCn1c(=O)n(CC(=O)N2CCOCC2CC(=O)O)c2ccccc21. The van der Waals surface area contributed by atoms with Crippen LogP contribution < -0.4 is 5.69 Å². The van der Waals surface area contributed by atoms with Crippen molar-refractivity contribution in [3.05, 3.63) is 34.7 Å². The van der Waals surface area contributed by atoms with Crippen LogP contribution in [0.5, 0.6) is 0 Å². The molecule has 0 spiro atoms. The molecule has 0 aliphatic carbocycles. The van der Waals surface area contributed by atoms with E-state index in [1.54, 1.807) is 4.57 Å². The topological polar surface area (TPSA) is 93.8 Å². The molecule has 1 fully saturated rings. The Morgan fingerprint density at radius 2 is 1.92 bits per heavy atom. The quantitative estimate of drug-likeness (QED) is 0.851. The fraction of sp³-hybridized carbons (Fsp3) is 0.471. The number of carbonyl (C=O) groups is 2. The molecule has 8 nitrogen and oxygen atoms in total. The first-order chi connectivity index (χ1) is 12.0. The summed E-state index contributed by atoms with van der Waals surface area (Å²) < 4.78 is 8.37. The lowest BCUT2D eigenvalue weighted by Crippen LogP contribution is -2.51. The van der Waals surface area contributed by atoms with Crippen molar-refractivity contribution in [3.8, 4) is 0 Å². The summed E-state index contributed by atoms with van der Waals surface area (Å²) in [5.41, 5.74) is 1.25. The number of aryl methyl sites for hydroxylation is 1. The van der Waals surface area contributed by atoms with Gasteiger partial charge in [-0.05, 0) is 19.1 Å². The van der Waals surface area contributed by atoms with Gasteiger partial charge in [0.05, 0.1) is 36.7 Å². The number of morpholine rings is 1. The van der Waals surface area contributed by atoms with E-state index in [1.807, 2.05) is 31.2 Å². The number of nitrogens with zero attached hydrogens (tertiary/aromatic N) is 3. The fourth-order valence-electron chi connectivity index (χ4n) is 3.31. The second-order valence-electron chi connectivity index (χ2n) is 6.02. The number of amides is 1. The van der Waals surface area contributed by atoms with Crippen LogP contribution >= 0.6 is 0 Å². The van der Waals surface area contributed by atoms with Gasteiger partial charge >= 0.3 is 11.7 Å². The molecule has 1 N–H and O–H groups in total. The fourth-order valence-corrected chi connectivity index (χ4v) is 3.31. The number of fused-ring (bicyclic) bond motifs is 1. The Bertz CT molecular complexity index is 854. The van der Waals surface area contributed by atoms with Crippen LogP contribution in [0, 0.1) is 0 Å². The largest absolute Gasteiger partial charge is 0.481 e. The van der Waals surface area contributed by atoms with Crippen LogP contribution in [-0.4, -0.2) is 56.8 Å². The second kappa shape index (κ2) is 7.10. The Morgan fingerprint density at radius 3 is 2.56 bits per heavy atom. The molecular formula is C17H21N3O5. The molecule has 2 heterocycles. The smallest absolute Gasteiger partial charge is 0.329 e. The molecule has 1 aromatic heterocycles. The molecule has 134 valence electrons. The molecule has 1 aliphatic rings. The number of imidazole rings is 1. The molecule has 1 aromatic carbocycles. The van der Waals surface area contributed by atoms with Crippen LogP contribution in [0.25, 0.3) is 11.0 Å². The van der Waals surface area contributed by atoms with Gasteiger partial charge in [0.25, 0.3) is 0 Å². The summed E-state index contributed by atoms with van der Waals surface area (Å²) in [7, 11) is 0. The second-order valence-corrected chi connectivity index (χ2v) is 6.02. The molecule has 3 rings (SSSR count). The minimum atomic E-state index is -0.979. The Balaban J connectivity index is 1.90. The maximum Gasteiger partial charge on any atom is 0.329 e. The Hall–Kier alpha value is -2.61. The first kappa shape index (κ1) is 17.2. The van der Waals surface area contributed by atoms with E-state index in [4.69, 9.17) is 9.84 Å². The highest BCUT2D eigenvalue weighted by Crippen LogP contribution is 2.15. The maximum absolute atomic E-state index is 12.8. The number of benzene rings is 1. The molecule has 1 aliphatic heterocycles. The number of para-hydroxylation sites is 2. The third-order valence-corrected chi connectivity index (χ3v) is 4.49. The zero-order chi connectivity index (χ0) is 18.0. The first-order valence-corrected chi connectivity index (χ1v) is 8.30. The van der Waals surface area contributed by atoms with Crippen LogP contribution in [0.2, 0.25) is 0 Å². The van der Waals surface area contributed by atoms with E-state index < -0.39 is 12.0 Å². The minimum absolute atomic E-state index is 0.109. The van der Waals surface area contributed by atoms with Gasteiger partial charge in [0.2, 0.25) is 5.91 Å². The van der Waals surface area contributed by atoms with E-state index in [0.29, 0.717) is 25.2 Å². The van der Waals surface area contributed by atoms with E-state index in [0.717, 1.165) is 5.52 Å². The predicted octanol–water partition coefficient (Wildman–Crippen LogP) is 0.525. The van der Waals surface area contributed by atoms with Crippen LogP contribution in [0.1, 0.15) is 13.3 Å². The lowest BCUT2D eigenvalue weighted by Gasteiger charge is -2.34. The molecule has 1 saturated heterocycles. The molecule has 1 atom stereocenters. The molecule has 8 heteroatoms. The van der Waals surface area contributed by atoms with Gasteiger partial charge in [-0.2, -0.15) is 0 Å². The first-order valence-electron chi connectivity index (χ1n) is 8.30. The van der Waals surface area contributed by atoms with Gasteiger partial charge in [-0.15, -0.1) is 0 Å². The van der Waals surface area contributed by atoms with Crippen molar-refractivity contribution in [1.29, 1.82) is 0 Å². The van der Waals surface area contributed by atoms with E-state index >= 15 is 0 Å². The normalized spacial score (nSPS) is 17.8. The molecule has 2 aromatic rings. The predicted molar refractivity (Wildman–Crippen MR) is 90.4 cm³/mol. The summed E-state index contributed by atoms with van der Waals surface area (Å²) in [5, 5.41) is 9.02. The van der Waals surface area contributed by atoms with Gasteiger partial charge in [-0.3, -0.25) is 18.7 Å². The summed E-state index contributed by atoms with van der Waals surface area (Å²) in [6.07, 6.45) is -0.169. The van der Waals surface area contributed by atoms with Gasteiger partial charge < -0.3 is 14.7 Å². The number of carboxylic acids is 1. The zero-order valence-electron chi connectivity index (χ0n) is 14.1. The molecule has 25 heavy (non-hydrogen) atoms. The highest BCUT2D eigenvalue weighted by molar-refractivity contribution is 5.81. The molecule has 0 radical (unpaired) electrons. The van der Waals surface area contributed by atoms with E-state index in [9.17, 15) is 14.4 Å². The number of carbonyl (C=O) groups excluding carboxylic acids is 1. The Morgan fingerprint density at radius 1 is 1.24 bits per heavy atom. The summed E-state index contributed by atoms with van der Waals surface area (Å²) >= 11 is 0. The standard InChI is InChI=1S/C17H21N3O5/c1-2-18-13-5-3-4-6-14(13)20(17(18)24)10-15(21)19-7-8-25-11-12(19)9-16(22)23/h3-6,12H,2,7-11H2,1H3,(H,22,23).